The quantitative estimate of drug-likeness (QED) is 0.637. The van der Waals surface area contributed by atoms with Crippen molar-refractivity contribution in [1.29, 1.82) is 0 Å². The molecule has 4 nitrogen and oxygen atoms in total. The molecule has 0 radical (unpaired) electrons. The second-order valence-corrected chi connectivity index (χ2v) is 6.70. The van der Waals surface area contributed by atoms with Crippen LogP contribution in [0.4, 0.5) is 4.39 Å². The third-order valence-corrected chi connectivity index (χ3v) is 4.47. The van der Waals surface area contributed by atoms with Gasteiger partial charge in [-0.3, -0.25) is 9.59 Å². The number of pyridine rings is 1. The van der Waals surface area contributed by atoms with Crippen LogP contribution in [0.2, 0.25) is 0 Å². The van der Waals surface area contributed by atoms with Gasteiger partial charge < -0.3 is 9.67 Å². The number of fused-ring (bicyclic) bond motifs is 1. The Morgan fingerprint density at radius 1 is 1.12 bits per heavy atom. The molecule has 0 spiro atoms. The fraction of sp³-hybridized carbons (Fsp3) is 0.111. The molecule has 0 amide bonds. The number of carbonyl (C=O) groups is 1. The van der Waals surface area contributed by atoms with Gasteiger partial charge in [0.2, 0.25) is 0 Å². The Labute approximate surface area is 150 Å². The summed E-state index contributed by atoms with van der Waals surface area (Å²) in [6, 6.07) is 13.1. The summed E-state index contributed by atoms with van der Waals surface area (Å²) >= 11 is 2.20. The van der Waals surface area contributed by atoms with Crippen LogP contribution in [0.25, 0.3) is 10.9 Å². The summed E-state index contributed by atoms with van der Waals surface area (Å²) in [6.07, 6.45) is -0.320. The maximum absolute atomic E-state index is 13.6. The summed E-state index contributed by atoms with van der Waals surface area (Å²) in [5, 5.41) is 9.46. The van der Waals surface area contributed by atoms with Crippen LogP contribution >= 0.6 is 22.6 Å². The molecule has 0 fully saturated rings. The Bertz CT molecular complexity index is 980. The number of benzene rings is 2. The minimum atomic E-state index is -1.06. The Morgan fingerprint density at radius 2 is 1.83 bits per heavy atom. The third-order valence-electron chi connectivity index (χ3n) is 3.75. The van der Waals surface area contributed by atoms with Crippen molar-refractivity contribution in [3.8, 4) is 0 Å². The molecule has 0 bridgehead atoms. The molecule has 0 aliphatic heterocycles. The van der Waals surface area contributed by atoms with Gasteiger partial charge in [-0.25, -0.2) is 4.39 Å². The van der Waals surface area contributed by atoms with Crippen LogP contribution in [0.1, 0.15) is 11.1 Å². The van der Waals surface area contributed by atoms with Crippen molar-refractivity contribution in [3.05, 3.63) is 79.4 Å². The molecular weight excluding hydrogens is 424 g/mol. The van der Waals surface area contributed by atoms with Crippen molar-refractivity contribution in [3.63, 3.8) is 0 Å². The van der Waals surface area contributed by atoms with Crippen molar-refractivity contribution in [2.75, 3.05) is 0 Å². The largest absolute Gasteiger partial charge is 0.481 e. The number of hydrogen-bond acceptors (Lipinski definition) is 2. The molecule has 0 atom stereocenters. The molecule has 3 aromatic rings. The second-order valence-electron chi connectivity index (χ2n) is 5.45. The zero-order valence-corrected chi connectivity index (χ0v) is 14.7. The smallest absolute Gasteiger partial charge is 0.307 e. The van der Waals surface area contributed by atoms with Crippen LogP contribution in [0.15, 0.2) is 53.3 Å². The molecule has 1 aromatic heterocycles. The molecule has 6 heteroatoms. The lowest BCUT2D eigenvalue weighted by molar-refractivity contribution is -0.136. The van der Waals surface area contributed by atoms with E-state index in [1.807, 2.05) is 24.3 Å². The monoisotopic (exact) mass is 437 g/mol. The van der Waals surface area contributed by atoms with Crippen LogP contribution in [0.3, 0.4) is 0 Å². The van der Waals surface area contributed by atoms with Crippen LogP contribution in [0.5, 0.6) is 0 Å². The Morgan fingerprint density at radius 3 is 2.50 bits per heavy atom. The predicted octanol–water partition coefficient (Wildman–Crippen LogP) is 3.42. The molecule has 0 saturated carbocycles. The molecule has 24 heavy (non-hydrogen) atoms. The number of aliphatic carboxylic acids is 1. The molecule has 122 valence electrons. The molecular formula is C18H13FINO3. The number of halogens is 2. The van der Waals surface area contributed by atoms with Gasteiger partial charge in [-0.15, -0.1) is 0 Å². The van der Waals surface area contributed by atoms with Gasteiger partial charge in [0.1, 0.15) is 5.82 Å². The van der Waals surface area contributed by atoms with Crippen molar-refractivity contribution >= 4 is 39.5 Å². The first-order valence-electron chi connectivity index (χ1n) is 7.22. The number of carboxylic acid groups (broad SMARTS) is 1. The Kier molecular flexibility index (Phi) is 4.66. The summed E-state index contributed by atoms with van der Waals surface area (Å²) in [4.78, 5) is 23.5. The normalized spacial score (nSPS) is 10.9. The minimum absolute atomic E-state index is 0.302. The van der Waals surface area contributed by atoms with Gasteiger partial charge >= 0.3 is 5.97 Å². The number of carboxylic acids is 1. The Balaban J connectivity index is 2.17. The standard InChI is InChI=1S/C18H13FINO3/c19-13-3-6-16-15(9-13)12(8-18(23)24)7-17(22)21(16)10-11-1-4-14(20)5-2-11/h1-7,9H,8,10H2,(H,23,24). The van der Waals surface area contributed by atoms with Gasteiger partial charge in [0.05, 0.1) is 18.5 Å². The van der Waals surface area contributed by atoms with Gasteiger partial charge in [0, 0.05) is 15.0 Å². The molecule has 0 aliphatic rings. The van der Waals surface area contributed by atoms with Crippen molar-refractivity contribution < 1.29 is 14.3 Å². The third kappa shape index (κ3) is 3.48. The van der Waals surface area contributed by atoms with Crippen molar-refractivity contribution in [2.24, 2.45) is 0 Å². The summed E-state index contributed by atoms with van der Waals surface area (Å²) in [5.74, 6) is -1.52. The first kappa shape index (κ1) is 16.6. The van der Waals surface area contributed by atoms with E-state index in [9.17, 15) is 14.0 Å². The van der Waals surface area contributed by atoms with Crippen LogP contribution in [0, 0.1) is 9.39 Å². The van der Waals surface area contributed by atoms with E-state index in [1.165, 1.54) is 28.8 Å². The molecule has 0 saturated heterocycles. The van der Waals surface area contributed by atoms with Gasteiger partial charge in [-0.2, -0.15) is 0 Å². The summed E-state index contributed by atoms with van der Waals surface area (Å²) < 4.78 is 16.2. The average Bonchev–Trinajstić information content (AvgIpc) is 2.52. The lowest BCUT2D eigenvalue weighted by Gasteiger charge is -2.13. The number of rotatable bonds is 4. The van der Waals surface area contributed by atoms with Crippen molar-refractivity contribution in [1.82, 2.24) is 4.57 Å². The first-order chi connectivity index (χ1) is 11.4. The number of hydrogen-bond donors (Lipinski definition) is 1. The van der Waals surface area contributed by atoms with Gasteiger partial charge in [0.25, 0.3) is 5.56 Å². The topological polar surface area (TPSA) is 59.3 Å². The number of aromatic nitrogens is 1. The molecule has 1 heterocycles. The van der Waals surface area contributed by atoms with Gasteiger partial charge in [-0.1, -0.05) is 12.1 Å². The second kappa shape index (κ2) is 6.72. The van der Waals surface area contributed by atoms with E-state index in [2.05, 4.69) is 22.6 Å². The fourth-order valence-corrected chi connectivity index (χ4v) is 3.03. The highest BCUT2D eigenvalue weighted by atomic mass is 127. The molecule has 0 aliphatic carbocycles. The maximum Gasteiger partial charge on any atom is 0.307 e. The highest BCUT2D eigenvalue weighted by Gasteiger charge is 2.12. The lowest BCUT2D eigenvalue weighted by Crippen LogP contribution is -2.22. The molecule has 0 unspecified atom stereocenters. The van der Waals surface area contributed by atoms with E-state index in [4.69, 9.17) is 5.11 Å². The molecule has 3 rings (SSSR count). The number of nitrogens with zero attached hydrogens (tertiary/aromatic N) is 1. The Hall–Kier alpha value is -2.22. The zero-order valence-electron chi connectivity index (χ0n) is 12.5. The summed E-state index contributed by atoms with van der Waals surface area (Å²) in [5.41, 5.74) is 1.48. The highest BCUT2D eigenvalue weighted by Crippen LogP contribution is 2.20. The summed E-state index contributed by atoms with van der Waals surface area (Å²) in [7, 11) is 0. The van der Waals surface area contributed by atoms with E-state index in [-0.39, 0.29) is 12.0 Å². The van der Waals surface area contributed by atoms with E-state index in [0.717, 1.165) is 9.13 Å². The average molecular weight is 437 g/mol. The van der Waals surface area contributed by atoms with Crippen molar-refractivity contribution in [2.45, 2.75) is 13.0 Å². The summed E-state index contributed by atoms with van der Waals surface area (Å²) in [6.45, 7) is 0.339. The van der Waals surface area contributed by atoms with Gasteiger partial charge in [0.15, 0.2) is 0 Å². The van der Waals surface area contributed by atoms with E-state index in [0.29, 0.717) is 23.0 Å². The zero-order chi connectivity index (χ0) is 17.3. The van der Waals surface area contributed by atoms with E-state index in [1.54, 1.807) is 0 Å². The SMILES string of the molecule is O=C(O)Cc1cc(=O)n(Cc2ccc(I)cc2)c2ccc(F)cc12. The fourth-order valence-electron chi connectivity index (χ4n) is 2.67. The van der Waals surface area contributed by atoms with E-state index < -0.39 is 11.8 Å². The van der Waals surface area contributed by atoms with Gasteiger partial charge in [-0.05, 0) is 64.0 Å². The maximum atomic E-state index is 13.6. The molecule has 1 N–H and O–H groups in total. The predicted molar refractivity (Wildman–Crippen MR) is 97.8 cm³/mol. The lowest BCUT2D eigenvalue weighted by atomic mass is 10.1. The van der Waals surface area contributed by atoms with Crippen LogP contribution in [-0.4, -0.2) is 15.6 Å². The molecule has 2 aromatic carbocycles. The van der Waals surface area contributed by atoms with E-state index >= 15 is 0 Å². The first-order valence-corrected chi connectivity index (χ1v) is 8.30. The minimum Gasteiger partial charge on any atom is -0.481 e. The van der Waals surface area contributed by atoms with Crippen LogP contribution < -0.4 is 5.56 Å². The highest BCUT2D eigenvalue weighted by molar-refractivity contribution is 14.1. The van der Waals surface area contributed by atoms with Crippen LogP contribution in [-0.2, 0) is 17.8 Å².